The number of hydrogen-bond acceptors (Lipinski definition) is 4. The molecule has 0 unspecified atom stereocenters. The Morgan fingerprint density at radius 3 is 3.00 bits per heavy atom. The molecular weight excluding hydrogens is 190 g/mol. The van der Waals surface area contributed by atoms with E-state index in [1.54, 1.807) is 11.6 Å². The maximum absolute atomic E-state index is 10.7. The molecule has 0 bridgehead atoms. The van der Waals surface area contributed by atoms with Gasteiger partial charge in [-0.1, -0.05) is 11.3 Å². The maximum atomic E-state index is 10.7. The molecule has 0 aliphatic heterocycles. The van der Waals surface area contributed by atoms with Gasteiger partial charge in [0.25, 0.3) is 0 Å². The normalized spacial score (nSPS) is 10.8. The summed E-state index contributed by atoms with van der Waals surface area (Å²) in [6.45, 7) is 0. The summed E-state index contributed by atoms with van der Waals surface area (Å²) in [6, 6.07) is 1.52. The number of fused-ring (bicyclic) bond motifs is 1. The molecule has 5 nitrogen and oxygen atoms in total. The van der Waals surface area contributed by atoms with Crippen LogP contribution in [0.1, 0.15) is 10.5 Å². The molecular formula is C7H7N3O2S. The number of nitrogen functional groups attached to an aromatic ring is 1. The Morgan fingerprint density at radius 1 is 1.77 bits per heavy atom. The summed E-state index contributed by atoms with van der Waals surface area (Å²) in [6.07, 6.45) is 0. The van der Waals surface area contributed by atoms with Crippen molar-refractivity contribution in [3.63, 3.8) is 0 Å². The van der Waals surface area contributed by atoms with Gasteiger partial charge in [0.1, 0.15) is 16.0 Å². The second-order valence-corrected chi connectivity index (χ2v) is 3.65. The number of aryl methyl sites for hydroxylation is 1. The van der Waals surface area contributed by atoms with Crippen molar-refractivity contribution < 1.29 is 9.90 Å². The maximum Gasteiger partial charge on any atom is 0.352 e. The fourth-order valence-corrected chi connectivity index (χ4v) is 2.00. The number of carboxylic acids is 1. The Bertz CT molecular complexity index is 485. The highest BCUT2D eigenvalue weighted by molar-refractivity contribution is 7.21. The van der Waals surface area contributed by atoms with Crippen molar-refractivity contribution in [2.24, 2.45) is 7.05 Å². The summed E-state index contributed by atoms with van der Waals surface area (Å²) in [5.41, 5.74) is 6.35. The summed E-state index contributed by atoms with van der Waals surface area (Å²) in [4.78, 5) is 15.5. The first-order chi connectivity index (χ1) is 6.09. The van der Waals surface area contributed by atoms with Crippen LogP contribution in [0, 0.1) is 0 Å². The van der Waals surface area contributed by atoms with E-state index in [1.165, 1.54) is 17.4 Å². The fraction of sp³-hybridized carbons (Fsp3) is 0.143. The van der Waals surface area contributed by atoms with Crippen LogP contribution in [0.25, 0.3) is 10.3 Å². The summed E-state index contributed by atoms with van der Waals surface area (Å²) >= 11 is 1.28. The molecule has 0 aliphatic rings. The molecule has 2 rings (SSSR count). The number of anilines is 1. The molecule has 6 heteroatoms. The lowest BCUT2D eigenvalue weighted by Crippen LogP contribution is -2.03. The van der Waals surface area contributed by atoms with Crippen LogP contribution in [-0.4, -0.2) is 20.6 Å². The van der Waals surface area contributed by atoms with Gasteiger partial charge in [-0.25, -0.2) is 9.78 Å². The lowest BCUT2D eigenvalue weighted by molar-refractivity contribution is 0.0687. The molecule has 3 N–H and O–H groups in total. The minimum absolute atomic E-state index is 0.230. The minimum Gasteiger partial charge on any atom is -0.477 e. The molecule has 0 saturated carbocycles. The van der Waals surface area contributed by atoms with Gasteiger partial charge in [0, 0.05) is 7.05 Å². The highest BCUT2D eigenvalue weighted by atomic mass is 32.1. The molecule has 13 heavy (non-hydrogen) atoms. The molecule has 68 valence electrons. The summed E-state index contributed by atoms with van der Waals surface area (Å²) in [5.74, 6) is -0.953. The number of nitrogens with two attached hydrogens (primary N) is 1. The van der Waals surface area contributed by atoms with Crippen molar-refractivity contribution >= 4 is 32.8 Å². The number of thiazole rings is 1. The van der Waals surface area contributed by atoms with Crippen LogP contribution in [0.3, 0.4) is 0 Å². The average molecular weight is 197 g/mol. The number of hydrogen-bond donors (Lipinski definition) is 2. The molecule has 2 heterocycles. The third-order valence-corrected chi connectivity index (χ3v) is 2.79. The Morgan fingerprint density at radius 2 is 2.46 bits per heavy atom. The van der Waals surface area contributed by atoms with E-state index < -0.39 is 5.97 Å². The van der Waals surface area contributed by atoms with Crippen molar-refractivity contribution in [3.8, 4) is 0 Å². The molecule has 2 aromatic rings. The van der Waals surface area contributed by atoms with E-state index in [0.29, 0.717) is 10.6 Å². The van der Waals surface area contributed by atoms with Gasteiger partial charge < -0.3 is 15.4 Å². The number of aromatic nitrogens is 2. The second-order valence-electron chi connectivity index (χ2n) is 2.64. The standard InChI is InChI=1S/C7H7N3O2S/c1-10-4(6(11)12)2-3-5(10)13-7(8)9-3/h2H,1H3,(H2,8,9)(H,11,12). The number of nitrogens with zero attached hydrogens (tertiary/aromatic N) is 2. The number of carboxylic acid groups (broad SMARTS) is 1. The zero-order chi connectivity index (χ0) is 9.59. The monoisotopic (exact) mass is 197 g/mol. The highest BCUT2D eigenvalue weighted by Gasteiger charge is 2.14. The van der Waals surface area contributed by atoms with E-state index in [-0.39, 0.29) is 5.69 Å². The smallest absolute Gasteiger partial charge is 0.352 e. The van der Waals surface area contributed by atoms with E-state index in [1.807, 2.05) is 0 Å². The molecule has 0 fully saturated rings. The number of rotatable bonds is 1. The van der Waals surface area contributed by atoms with Gasteiger partial charge in [-0.05, 0) is 6.07 Å². The molecule has 0 saturated heterocycles. The third kappa shape index (κ3) is 1.06. The zero-order valence-electron chi connectivity index (χ0n) is 6.81. The SMILES string of the molecule is Cn1c(C(=O)O)cc2nc(N)sc21. The van der Waals surface area contributed by atoms with Crippen molar-refractivity contribution in [3.05, 3.63) is 11.8 Å². The Balaban J connectivity index is 2.76. The minimum atomic E-state index is -0.953. The van der Waals surface area contributed by atoms with Gasteiger partial charge in [-0.15, -0.1) is 0 Å². The average Bonchev–Trinajstić information content (AvgIpc) is 2.51. The highest BCUT2D eigenvalue weighted by Crippen LogP contribution is 2.26. The van der Waals surface area contributed by atoms with Crippen LogP contribution in [-0.2, 0) is 7.05 Å². The van der Waals surface area contributed by atoms with E-state index in [4.69, 9.17) is 10.8 Å². The van der Waals surface area contributed by atoms with Crippen LogP contribution in [0.15, 0.2) is 6.07 Å². The van der Waals surface area contributed by atoms with Crippen LogP contribution < -0.4 is 5.73 Å². The predicted octanol–water partition coefficient (Wildman–Crippen LogP) is 0.915. The molecule has 0 aromatic carbocycles. The first-order valence-electron chi connectivity index (χ1n) is 3.54. The summed E-state index contributed by atoms with van der Waals surface area (Å²) in [7, 11) is 1.68. The third-order valence-electron chi connectivity index (χ3n) is 1.81. The Hall–Kier alpha value is -1.56. The lowest BCUT2D eigenvalue weighted by Gasteiger charge is -1.95. The van der Waals surface area contributed by atoms with E-state index in [2.05, 4.69) is 4.98 Å². The molecule has 0 radical (unpaired) electrons. The van der Waals surface area contributed by atoms with Gasteiger partial charge in [0.05, 0.1) is 0 Å². The van der Waals surface area contributed by atoms with E-state index >= 15 is 0 Å². The van der Waals surface area contributed by atoms with E-state index in [9.17, 15) is 4.79 Å². The van der Waals surface area contributed by atoms with Gasteiger partial charge >= 0.3 is 5.97 Å². The quantitative estimate of drug-likeness (QED) is 0.712. The first kappa shape index (κ1) is 8.06. The molecule has 2 aromatic heterocycles. The Labute approximate surface area is 77.4 Å². The van der Waals surface area contributed by atoms with Crippen molar-refractivity contribution in [1.82, 2.24) is 9.55 Å². The van der Waals surface area contributed by atoms with Gasteiger partial charge in [0.2, 0.25) is 0 Å². The summed E-state index contributed by atoms with van der Waals surface area (Å²) in [5, 5.41) is 9.24. The Kier molecular flexibility index (Phi) is 1.53. The summed E-state index contributed by atoms with van der Waals surface area (Å²) < 4.78 is 1.58. The molecule has 0 amide bonds. The van der Waals surface area contributed by atoms with Gasteiger partial charge in [0.15, 0.2) is 5.13 Å². The van der Waals surface area contributed by atoms with Crippen molar-refractivity contribution in [2.75, 3.05) is 5.73 Å². The number of aromatic carboxylic acids is 1. The van der Waals surface area contributed by atoms with Crippen molar-refractivity contribution in [1.29, 1.82) is 0 Å². The van der Waals surface area contributed by atoms with Crippen LogP contribution in [0.4, 0.5) is 5.13 Å². The molecule has 0 spiro atoms. The molecule has 0 atom stereocenters. The predicted molar refractivity (Wildman–Crippen MR) is 50.0 cm³/mol. The fourth-order valence-electron chi connectivity index (χ4n) is 1.22. The topological polar surface area (TPSA) is 81.1 Å². The van der Waals surface area contributed by atoms with Crippen LogP contribution >= 0.6 is 11.3 Å². The second kappa shape index (κ2) is 2.46. The molecule has 0 aliphatic carbocycles. The first-order valence-corrected chi connectivity index (χ1v) is 4.36. The zero-order valence-corrected chi connectivity index (χ0v) is 7.63. The number of carbonyl (C=O) groups is 1. The van der Waals surface area contributed by atoms with Crippen LogP contribution in [0.5, 0.6) is 0 Å². The largest absolute Gasteiger partial charge is 0.477 e. The van der Waals surface area contributed by atoms with Gasteiger partial charge in [-0.3, -0.25) is 0 Å². The van der Waals surface area contributed by atoms with Crippen molar-refractivity contribution in [2.45, 2.75) is 0 Å². The van der Waals surface area contributed by atoms with E-state index in [0.717, 1.165) is 4.83 Å². The van der Waals surface area contributed by atoms with Crippen LogP contribution in [0.2, 0.25) is 0 Å². The lowest BCUT2D eigenvalue weighted by atomic mass is 10.4. The van der Waals surface area contributed by atoms with Gasteiger partial charge in [-0.2, -0.15) is 0 Å².